The van der Waals surface area contributed by atoms with E-state index in [-0.39, 0.29) is 29.9 Å². The average molecular weight is 574 g/mol. The van der Waals surface area contributed by atoms with Crippen molar-refractivity contribution in [2.24, 2.45) is 17.8 Å². The van der Waals surface area contributed by atoms with Gasteiger partial charge in [-0.15, -0.1) is 0 Å². The minimum absolute atomic E-state index is 0.00316. The molecule has 0 unspecified atom stereocenters. The summed E-state index contributed by atoms with van der Waals surface area (Å²) in [6.45, 7) is 12.3. The van der Waals surface area contributed by atoms with Crippen molar-refractivity contribution in [3.63, 3.8) is 0 Å². The molecule has 0 radical (unpaired) electrons. The fraction of sp³-hybridized carbons (Fsp3) is 0.750. The molecule has 2 saturated heterocycles. The highest BCUT2D eigenvalue weighted by Gasteiger charge is 2.37. The van der Waals surface area contributed by atoms with Gasteiger partial charge in [0.1, 0.15) is 5.75 Å². The zero-order chi connectivity index (χ0) is 29.2. The fourth-order valence-corrected chi connectivity index (χ4v) is 5.87. The molecule has 1 aromatic carbocycles. The predicted octanol–water partition coefficient (Wildman–Crippen LogP) is 4.38. The minimum atomic E-state index is -0.185. The van der Waals surface area contributed by atoms with E-state index < -0.39 is 0 Å². The Kier molecular flexibility index (Phi) is 12.1. The number of ether oxygens (including phenoxy) is 4. The van der Waals surface area contributed by atoms with E-state index in [1.807, 2.05) is 28.0 Å². The Morgan fingerprint density at radius 2 is 1.80 bits per heavy atom. The molecule has 3 fully saturated rings. The Labute approximate surface area is 246 Å². The third kappa shape index (κ3) is 9.06. The number of hydrogen-bond donors (Lipinski definition) is 1. The number of hydrogen-bond acceptors (Lipinski definition) is 7. The summed E-state index contributed by atoms with van der Waals surface area (Å²) in [5.41, 5.74) is 1.73. The van der Waals surface area contributed by atoms with Gasteiger partial charge in [-0.3, -0.25) is 4.79 Å². The van der Waals surface area contributed by atoms with Crippen molar-refractivity contribution < 1.29 is 28.5 Å². The number of carbonyl (C=O) groups excluding carboxylic acids is 2. The van der Waals surface area contributed by atoms with Crippen LogP contribution in [0.15, 0.2) is 18.2 Å². The Morgan fingerprint density at radius 1 is 1.05 bits per heavy atom. The number of aryl methyl sites for hydroxylation is 1. The van der Waals surface area contributed by atoms with Crippen molar-refractivity contribution in [3.8, 4) is 5.75 Å². The van der Waals surface area contributed by atoms with Gasteiger partial charge < -0.3 is 34.1 Å². The largest absolute Gasteiger partial charge is 0.493 e. The Balaban J connectivity index is 1.35. The van der Waals surface area contributed by atoms with Gasteiger partial charge in [0, 0.05) is 83.1 Å². The molecule has 1 saturated carbocycles. The lowest BCUT2D eigenvalue weighted by atomic mass is 9.95. The monoisotopic (exact) mass is 573 g/mol. The maximum Gasteiger partial charge on any atom is 0.410 e. The molecular weight excluding hydrogens is 522 g/mol. The molecule has 1 N–H and O–H groups in total. The maximum absolute atomic E-state index is 13.8. The van der Waals surface area contributed by atoms with E-state index in [1.165, 1.54) is 0 Å². The predicted molar refractivity (Wildman–Crippen MR) is 158 cm³/mol. The smallest absolute Gasteiger partial charge is 0.410 e. The summed E-state index contributed by atoms with van der Waals surface area (Å²) < 4.78 is 22.6. The molecule has 0 aromatic heterocycles. The van der Waals surface area contributed by atoms with Crippen LogP contribution in [0.4, 0.5) is 4.79 Å². The highest BCUT2D eigenvalue weighted by molar-refractivity contribution is 5.95. The van der Waals surface area contributed by atoms with E-state index in [4.69, 9.17) is 18.9 Å². The topological polar surface area (TPSA) is 89.6 Å². The number of methoxy groups -OCH3 is 1. The van der Waals surface area contributed by atoms with Crippen molar-refractivity contribution in [1.29, 1.82) is 0 Å². The standard InChI is InChI=1S/C32H51N3O6/c1-5-25-7-8-26(17-30(25)40-14-6-13-38-4)31(36)34(23(2)3)21-27-18-33-19-28(27)22-41-32(37)35(29-9-10-29)20-24-11-15-39-16-12-24/h7-8,17,23-24,27-29,33H,5-6,9-16,18-22H2,1-4H3/t27-,28-/m0/s1. The first-order valence-corrected chi connectivity index (χ1v) is 15.7. The summed E-state index contributed by atoms with van der Waals surface area (Å²) >= 11 is 0. The van der Waals surface area contributed by atoms with Gasteiger partial charge in [0.05, 0.1) is 13.2 Å². The maximum atomic E-state index is 13.8. The summed E-state index contributed by atoms with van der Waals surface area (Å²) in [7, 11) is 1.68. The van der Waals surface area contributed by atoms with Crippen molar-refractivity contribution in [2.75, 3.05) is 66.3 Å². The van der Waals surface area contributed by atoms with E-state index in [1.54, 1.807) is 7.11 Å². The van der Waals surface area contributed by atoms with Crippen LogP contribution in [0.3, 0.4) is 0 Å². The van der Waals surface area contributed by atoms with Crippen LogP contribution in [0.1, 0.15) is 68.8 Å². The second-order valence-corrected chi connectivity index (χ2v) is 12.1. The van der Waals surface area contributed by atoms with E-state index in [2.05, 4.69) is 26.1 Å². The molecule has 2 heterocycles. The van der Waals surface area contributed by atoms with E-state index in [9.17, 15) is 9.59 Å². The molecular formula is C32H51N3O6. The lowest BCUT2D eigenvalue weighted by molar-refractivity contribution is 0.0390. The quantitative estimate of drug-likeness (QED) is 0.312. The van der Waals surface area contributed by atoms with Crippen molar-refractivity contribution in [2.45, 2.75) is 71.4 Å². The molecule has 1 aromatic rings. The van der Waals surface area contributed by atoms with Crippen LogP contribution in [0.2, 0.25) is 0 Å². The summed E-state index contributed by atoms with van der Waals surface area (Å²) in [5, 5.41) is 3.47. The molecule has 3 aliphatic rings. The molecule has 0 spiro atoms. The SMILES string of the molecule is CCc1ccc(C(=O)N(C[C@@H]2CNC[C@H]2COC(=O)N(CC2CCOCC2)C2CC2)C(C)C)cc1OCCCOC. The summed E-state index contributed by atoms with van der Waals surface area (Å²) in [6, 6.07) is 6.16. The number of benzene rings is 1. The first kappa shape index (κ1) is 31.6. The lowest BCUT2D eigenvalue weighted by Crippen LogP contribution is -2.43. The molecule has 9 nitrogen and oxygen atoms in total. The van der Waals surface area contributed by atoms with Crippen LogP contribution in [0, 0.1) is 17.8 Å². The second kappa shape index (κ2) is 15.8. The van der Waals surface area contributed by atoms with Crippen LogP contribution in [-0.4, -0.2) is 100 Å². The molecule has 2 aliphatic heterocycles. The Bertz CT molecular complexity index is 978. The van der Waals surface area contributed by atoms with E-state index >= 15 is 0 Å². The van der Waals surface area contributed by atoms with Gasteiger partial charge in [-0.2, -0.15) is 0 Å². The third-order valence-electron chi connectivity index (χ3n) is 8.68. The average Bonchev–Trinajstić information content (AvgIpc) is 3.73. The number of carbonyl (C=O) groups is 2. The summed E-state index contributed by atoms with van der Waals surface area (Å²) in [4.78, 5) is 30.8. The molecule has 1 aliphatic carbocycles. The molecule has 2 amide bonds. The van der Waals surface area contributed by atoms with Crippen LogP contribution in [-0.2, 0) is 20.6 Å². The molecule has 4 rings (SSSR count). The van der Waals surface area contributed by atoms with Crippen LogP contribution >= 0.6 is 0 Å². The van der Waals surface area contributed by atoms with Gasteiger partial charge in [0.15, 0.2) is 0 Å². The van der Waals surface area contributed by atoms with Crippen molar-refractivity contribution in [3.05, 3.63) is 29.3 Å². The van der Waals surface area contributed by atoms with Gasteiger partial charge in [-0.05, 0) is 75.5 Å². The van der Waals surface area contributed by atoms with Crippen LogP contribution in [0.25, 0.3) is 0 Å². The normalized spacial score (nSPS) is 21.2. The molecule has 2 atom stereocenters. The van der Waals surface area contributed by atoms with Gasteiger partial charge >= 0.3 is 6.09 Å². The zero-order valence-electron chi connectivity index (χ0n) is 25.6. The van der Waals surface area contributed by atoms with Crippen molar-refractivity contribution in [1.82, 2.24) is 15.1 Å². The van der Waals surface area contributed by atoms with Gasteiger partial charge in [-0.25, -0.2) is 4.79 Å². The fourth-order valence-electron chi connectivity index (χ4n) is 5.87. The van der Waals surface area contributed by atoms with E-state index in [0.717, 1.165) is 82.7 Å². The van der Waals surface area contributed by atoms with Gasteiger partial charge in [0.25, 0.3) is 5.91 Å². The third-order valence-corrected chi connectivity index (χ3v) is 8.68. The molecule has 9 heteroatoms. The van der Waals surface area contributed by atoms with Crippen molar-refractivity contribution >= 4 is 12.0 Å². The Hall–Kier alpha value is -2.36. The Morgan fingerprint density at radius 3 is 2.49 bits per heavy atom. The number of amides is 2. The first-order chi connectivity index (χ1) is 19.9. The number of rotatable bonds is 15. The summed E-state index contributed by atoms with van der Waals surface area (Å²) in [5.74, 6) is 1.64. The van der Waals surface area contributed by atoms with E-state index in [0.29, 0.717) is 43.9 Å². The molecule has 41 heavy (non-hydrogen) atoms. The van der Waals surface area contributed by atoms with Gasteiger partial charge in [0.2, 0.25) is 0 Å². The second-order valence-electron chi connectivity index (χ2n) is 12.1. The summed E-state index contributed by atoms with van der Waals surface area (Å²) in [6.07, 6.45) is 5.59. The molecule has 0 bridgehead atoms. The zero-order valence-corrected chi connectivity index (χ0v) is 25.6. The molecule has 230 valence electrons. The number of nitrogens with one attached hydrogen (secondary N) is 1. The highest BCUT2D eigenvalue weighted by Crippen LogP contribution is 2.31. The minimum Gasteiger partial charge on any atom is -0.493 e. The lowest BCUT2D eigenvalue weighted by Gasteiger charge is -2.32. The highest BCUT2D eigenvalue weighted by atomic mass is 16.6. The number of nitrogens with zero attached hydrogens (tertiary/aromatic N) is 2. The first-order valence-electron chi connectivity index (χ1n) is 15.7. The van der Waals surface area contributed by atoms with Crippen LogP contribution < -0.4 is 10.1 Å². The van der Waals surface area contributed by atoms with Crippen LogP contribution in [0.5, 0.6) is 5.75 Å². The van der Waals surface area contributed by atoms with Gasteiger partial charge in [-0.1, -0.05) is 13.0 Å².